The van der Waals surface area contributed by atoms with Crippen LogP contribution in [0.1, 0.15) is 148 Å². The second-order valence-electron chi connectivity index (χ2n) is 12.4. The van der Waals surface area contributed by atoms with Gasteiger partial charge in [0.05, 0.1) is 56.5 Å². The molecule has 0 heterocycles. The zero-order valence-electron chi connectivity index (χ0n) is 31.7. The molecule has 0 N–H and O–H groups in total. The van der Waals surface area contributed by atoms with Gasteiger partial charge in [-0.2, -0.15) is 0 Å². The van der Waals surface area contributed by atoms with Crippen LogP contribution < -0.4 is 0 Å². The summed E-state index contributed by atoms with van der Waals surface area (Å²) in [6.07, 6.45) is 4.24. The molecule has 292 valence electrons. The van der Waals surface area contributed by atoms with E-state index in [0.717, 1.165) is 49.9 Å². The van der Waals surface area contributed by atoms with Crippen molar-refractivity contribution in [1.82, 2.24) is 0 Å². The van der Waals surface area contributed by atoms with E-state index in [9.17, 15) is 45.1 Å². The van der Waals surface area contributed by atoms with Gasteiger partial charge in [-0.3, -0.25) is 0 Å². The first-order valence-electron chi connectivity index (χ1n) is 17.2. The van der Waals surface area contributed by atoms with Crippen molar-refractivity contribution in [3.63, 3.8) is 0 Å². The van der Waals surface area contributed by atoms with Gasteiger partial charge in [0, 0.05) is 0 Å². The Labute approximate surface area is 353 Å². The van der Waals surface area contributed by atoms with Gasteiger partial charge < -0.3 is 28.1 Å². The Morgan fingerprint density at radius 1 is 0.472 bits per heavy atom. The number of carbonyl (C=O) groups is 4. The van der Waals surface area contributed by atoms with E-state index in [4.69, 9.17) is 18.9 Å². The minimum absolute atomic E-state index is 0. The number of esters is 4. The minimum Gasteiger partial charge on any atom is -0.744 e. The maximum Gasteiger partial charge on any atom is 2.00 e. The Bertz CT molecular complexity index is 1530. The van der Waals surface area contributed by atoms with Crippen LogP contribution in [0.3, 0.4) is 0 Å². The van der Waals surface area contributed by atoms with Gasteiger partial charge in [-0.25, -0.2) is 36.0 Å². The second kappa shape index (κ2) is 24.3. The number of carbonyl (C=O) groups excluding carboxylic acids is 4. The van der Waals surface area contributed by atoms with Gasteiger partial charge in [0.1, 0.15) is 20.2 Å². The molecule has 2 aromatic carbocycles. The van der Waals surface area contributed by atoms with E-state index < -0.39 is 53.9 Å². The van der Waals surface area contributed by atoms with Crippen molar-refractivity contribution in [1.29, 1.82) is 0 Å². The summed E-state index contributed by atoms with van der Waals surface area (Å²) in [4.78, 5) is 47.6. The summed E-state index contributed by atoms with van der Waals surface area (Å²) in [5, 5.41) is 0. The second-order valence-corrected chi connectivity index (χ2v) is 15.2. The topological polar surface area (TPSA) is 220 Å². The number of hydrogen-bond donors (Lipinski definition) is 0. The number of hydrogen-bond acceptors (Lipinski definition) is 14. The Hall–Kier alpha value is -2.29. The standard InChI is InChI=1S/2C18H26O7S.Ba/c2*1-5-7-12(3)24-17(19)14-9-15(11-16(10-14)26(21,22)23)18(20)25-13(4)8-6-2;/h2*9-13H,5-8H2,1-4H3,(H,21,22,23);/q;;+2/p-2. The fraction of sp³-hybridized carbons (Fsp3) is 0.556. The monoisotopic (exact) mass is 908 g/mol. The summed E-state index contributed by atoms with van der Waals surface area (Å²) in [7, 11) is -9.72. The number of rotatable bonds is 18. The third-order valence-electron chi connectivity index (χ3n) is 7.35. The fourth-order valence-electron chi connectivity index (χ4n) is 4.82. The SMILES string of the molecule is CCCC(C)OC(=O)c1cc(C(=O)OC(C)CCC)cc(S(=O)(=O)[O-])c1.CCCC(C)OC(=O)c1cc(C(=O)OC(C)CCC)cc(S(=O)(=O)[O-])c1.[Ba+2]. The fourth-order valence-corrected chi connectivity index (χ4v) is 5.91. The number of benzene rings is 2. The maximum atomic E-state index is 12.2. The average molecular weight is 908 g/mol. The van der Waals surface area contributed by atoms with Crippen LogP contribution in [0.15, 0.2) is 46.2 Å². The van der Waals surface area contributed by atoms with Crippen molar-refractivity contribution in [2.45, 2.75) is 141 Å². The molecule has 53 heavy (non-hydrogen) atoms. The van der Waals surface area contributed by atoms with Crippen LogP contribution in [-0.4, -0.2) is 123 Å². The van der Waals surface area contributed by atoms with Crippen LogP contribution in [-0.2, 0) is 39.2 Å². The molecule has 2 rings (SSSR count). The van der Waals surface area contributed by atoms with Crippen molar-refractivity contribution in [2.75, 3.05) is 0 Å². The van der Waals surface area contributed by atoms with E-state index in [-0.39, 0.29) is 95.6 Å². The van der Waals surface area contributed by atoms with Gasteiger partial charge in [0.25, 0.3) is 0 Å². The molecule has 17 heteroatoms. The van der Waals surface area contributed by atoms with Crippen LogP contribution >= 0.6 is 0 Å². The van der Waals surface area contributed by atoms with Gasteiger partial charge >= 0.3 is 72.8 Å². The first-order valence-corrected chi connectivity index (χ1v) is 20.0. The largest absolute Gasteiger partial charge is 2.00 e. The van der Waals surface area contributed by atoms with Gasteiger partial charge in [-0.05, 0) is 89.8 Å². The van der Waals surface area contributed by atoms with Crippen LogP contribution in [0.5, 0.6) is 0 Å². The normalized spacial score (nSPS) is 13.5. The van der Waals surface area contributed by atoms with Crippen LogP contribution in [0.2, 0.25) is 0 Å². The molecule has 4 atom stereocenters. The molecular weight excluding hydrogens is 858 g/mol. The van der Waals surface area contributed by atoms with Gasteiger partial charge in [-0.1, -0.05) is 53.4 Å². The summed E-state index contributed by atoms with van der Waals surface area (Å²) in [5.74, 6) is -3.20. The summed E-state index contributed by atoms with van der Waals surface area (Å²) in [5.41, 5.74) is -0.722. The summed E-state index contributed by atoms with van der Waals surface area (Å²) in [6, 6.07) is 6.00. The van der Waals surface area contributed by atoms with Crippen molar-refractivity contribution in [3.05, 3.63) is 58.7 Å². The van der Waals surface area contributed by atoms with Gasteiger partial charge in [0.2, 0.25) is 0 Å². The van der Waals surface area contributed by atoms with E-state index in [1.54, 1.807) is 27.7 Å². The van der Waals surface area contributed by atoms with E-state index in [1.165, 1.54) is 12.1 Å². The van der Waals surface area contributed by atoms with Crippen LogP contribution in [0.4, 0.5) is 0 Å². The minimum atomic E-state index is -4.86. The van der Waals surface area contributed by atoms with E-state index in [1.807, 2.05) is 27.7 Å². The Kier molecular flexibility index (Phi) is 23.2. The molecule has 14 nitrogen and oxygen atoms in total. The first kappa shape index (κ1) is 50.7. The van der Waals surface area contributed by atoms with E-state index >= 15 is 0 Å². The maximum absolute atomic E-state index is 12.2. The molecule has 0 bridgehead atoms. The Morgan fingerprint density at radius 2 is 0.660 bits per heavy atom. The summed E-state index contributed by atoms with van der Waals surface area (Å²) in [6.45, 7) is 14.5. The molecule has 0 aromatic heterocycles. The average Bonchev–Trinajstić information content (AvgIpc) is 3.04. The third-order valence-corrected chi connectivity index (χ3v) is 8.97. The predicted octanol–water partition coefficient (Wildman–Crippen LogP) is 6.18. The van der Waals surface area contributed by atoms with Crippen molar-refractivity contribution < 1.29 is 64.1 Å². The molecule has 0 saturated carbocycles. The molecular formula is C36H50BaO14S2. The number of ether oxygens (including phenoxy) is 4. The predicted molar refractivity (Wildman–Crippen MR) is 194 cm³/mol. The molecule has 0 spiro atoms. The van der Waals surface area contributed by atoms with Gasteiger partial charge in [0.15, 0.2) is 0 Å². The zero-order valence-corrected chi connectivity index (χ0v) is 37.7. The van der Waals surface area contributed by atoms with Crippen molar-refractivity contribution in [2.24, 2.45) is 0 Å². The molecule has 0 aliphatic rings. The molecule has 0 aliphatic heterocycles. The first-order chi connectivity index (χ1) is 24.2. The summed E-state index contributed by atoms with van der Waals surface area (Å²) >= 11 is 0. The molecule has 0 radical (unpaired) electrons. The Balaban J connectivity index is 0.00000100. The van der Waals surface area contributed by atoms with E-state index in [2.05, 4.69) is 0 Å². The molecule has 0 aliphatic carbocycles. The molecule has 0 amide bonds. The Morgan fingerprint density at radius 3 is 0.811 bits per heavy atom. The van der Waals surface area contributed by atoms with Crippen molar-refractivity contribution >= 4 is 93.0 Å². The van der Waals surface area contributed by atoms with Gasteiger partial charge in [-0.15, -0.1) is 0 Å². The smallest absolute Gasteiger partial charge is 0.744 e. The van der Waals surface area contributed by atoms with Crippen LogP contribution in [0.25, 0.3) is 0 Å². The summed E-state index contributed by atoms with van der Waals surface area (Å²) < 4.78 is 89.1. The third kappa shape index (κ3) is 18.7. The molecule has 0 saturated heterocycles. The molecule has 2 aromatic rings. The molecule has 4 unspecified atom stereocenters. The van der Waals surface area contributed by atoms with E-state index in [0.29, 0.717) is 25.7 Å². The zero-order chi connectivity index (χ0) is 39.8. The quantitative estimate of drug-likeness (QED) is 0.0706. The van der Waals surface area contributed by atoms with Crippen molar-refractivity contribution in [3.8, 4) is 0 Å². The van der Waals surface area contributed by atoms with Crippen LogP contribution in [0, 0.1) is 0 Å². The molecule has 0 fully saturated rings.